The first-order chi connectivity index (χ1) is 7.79. The maximum atomic E-state index is 13.5. The van der Waals surface area contributed by atoms with Gasteiger partial charge >= 0.3 is 0 Å². The third-order valence-electron chi connectivity index (χ3n) is 2.64. The SMILES string of the molecule is CCN(CCCCCCl)c1ccccc1F. The van der Waals surface area contributed by atoms with Gasteiger partial charge in [-0.2, -0.15) is 0 Å². The molecule has 0 saturated heterocycles. The highest BCUT2D eigenvalue weighted by atomic mass is 35.5. The van der Waals surface area contributed by atoms with E-state index in [4.69, 9.17) is 11.6 Å². The van der Waals surface area contributed by atoms with Crippen LogP contribution in [0.3, 0.4) is 0 Å². The molecular formula is C13H19ClFN. The van der Waals surface area contributed by atoms with Crippen LogP contribution in [0.25, 0.3) is 0 Å². The van der Waals surface area contributed by atoms with Gasteiger partial charge in [-0.15, -0.1) is 11.6 Å². The van der Waals surface area contributed by atoms with Crippen LogP contribution in [-0.2, 0) is 0 Å². The number of halogens is 2. The third kappa shape index (κ3) is 4.01. The lowest BCUT2D eigenvalue weighted by molar-refractivity contribution is 0.610. The average molecular weight is 244 g/mol. The van der Waals surface area contributed by atoms with Crippen molar-refractivity contribution in [2.24, 2.45) is 0 Å². The zero-order chi connectivity index (χ0) is 11.8. The van der Waals surface area contributed by atoms with Gasteiger partial charge in [0.1, 0.15) is 5.82 Å². The van der Waals surface area contributed by atoms with Gasteiger partial charge < -0.3 is 4.90 Å². The molecule has 0 unspecified atom stereocenters. The van der Waals surface area contributed by atoms with Crippen molar-refractivity contribution in [3.8, 4) is 0 Å². The van der Waals surface area contributed by atoms with Gasteiger partial charge in [0.15, 0.2) is 0 Å². The van der Waals surface area contributed by atoms with E-state index < -0.39 is 0 Å². The predicted octanol–water partition coefficient (Wildman–Crippen LogP) is 4.06. The van der Waals surface area contributed by atoms with Crippen molar-refractivity contribution in [2.75, 3.05) is 23.9 Å². The average Bonchev–Trinajstić information content (AvgIpc) is 2.31. The summed E-state index contributed by atoms with van der Waals surface area (Å²) in [7, 11) is 0. The van der Waals surface area contributed by atoms with Crippen molar-refractivity contribution >= 4 is 17.3 Å². The van der Waals surface area contributed by atoms with Gasteiger partial charge in [-0.1, -0.05) is 18.6 Å². The zero-order valence-corrected chi connectivity index (χ0v) is 10.5. The monoisotopic (exact) mass is 243 g/mol. The van der Waals surface area contributed by atoms with E-state index in [0.717, 1.165) is 32.4 Å². The summed E-state index contributed by atoms with van der Waals surface area (Å²) in [6.07, 6.45) is 3.21. The van der Waals surface area contributed by atoms with Crippen molar-refractivity contribution in [3.05, 3.63) is 30.1 Å². The fourth-order valence-corrected chi connectivity index (χ4v) is 1.92. The van der Waals surface area contributed by atoms with E-state index in [1.807, 2.05) is 19.1 Å². The Hall–Kier alpha value is -0.760. The minimum absolute atomic E-state index is 0.137. The summed E-state index contributed by atoms with van der Waals surface area (Å²) in [5, 5.41) is 0. The minimum atomic E-state index is -0.137. The Kier molecular flexibility index (Phi) is 6.24. The number of nitrogens with zero attached hydrogens (tertiary/aromatic N) is 1. The Morgan fingerprint density at radius 3 is 2.56 bits per heavy atom. The third-order valence-corrected chi connectivity index (χ3v) is 2.90. The number of para-hydroxylation sites is 1. The lowest BCUT2D eigenvalue weighted by Crippen LogP contribution is -2.24. The second kappa shape index (κ2) is 7.50. The molecule has 0 radical (unpaired) electrons. The summed E-state index contributed by atoms with van der Waals surface area (Å²) in [5.41, 5.74) is 0.705. The first kappa shape index (κ1) is 13.3. The molecule has 16 heavy (non-hydrogen) atoms. The van der Waals surface area contributed by atoms with Crippen LogP contribution >= 0.6 is 11.6 Å². The van der Waals surface area contributed by atoms with Crippen LogP contribution in [0.5, 0.6) is 0 Å². The number of benzene rings is 1. The molecule has 3 heteroatoms. The zero-order valence-electron chi connectivity index (χ0n) is 9.76. The van der Waals surface area contributed by atoms with Gasteiger partial charge in [-0.25, -0.2) is 4.39 Å². The number of hydrogen-bond acceptors (Lipinski definition) is 1. The van der Waals surface area contributed by atoms with Crippen molar-refractivity contribution in [1.82, 2.24) is 0 Å². The molecule has 90 valence electrons. The molecule has 1 aromatic rings. The molecule has 0 N–H and O–H groups in total. The van der Waals surface area contributed by atoms with Gasteiger partial charge in [0.05, 0.1) is 5.69 Å². The van der Waals surface area contributed by atoms with Crippen molar-refractivity contribution in [2.45, 2.75) is 26.2 Å². The van der Waals surface area contributed by atoms with E-state index in [1.165, 1.54) is 6.07 Å². The number of alkyl halides is 1. The molecule has 0 aliphatic carbocycles. The molecule has 0 spiro atoms. The number of anilines is 1. The summed E-state index contributed by atoms with van der Waals surface area (Å²) < 4.78 is 13.5. The summed E-state index contributed by atoms with van der Waals surface area (Å²) in [4.78, 5) is 2.07. The summed E-state index contributed by atoms with van der Waals surface area (Å²) in [6, 6.07) is 6.94. The van der Waals surface area contributed by atoms with E-state index >= 15 is 0 Å². The maximum absolute atomic E-state index is 13.5. The van der Waals surface area contributed by atoms with Gasteiger partial charge in [0.25, 0.3) is 0 Å². The first-order valence-electron chi connectivity index (χ1n) is 5.85. The van der Waals surface area contributed by atoms with Crippen LogP contribution < -0.4 is 4.90 Å². The summed E-state index contributed by atoms with van der Waals surface area (Å²) >= 11 is 5.62. The van der Waals surface area contributed by atoms with E-state index in [2.05, 4.69) is 4.90 Å². The lowest BCUT2D eigenvalue weighted by atomic mass is 10.2. The fraction of sp³-hybridized carbons (Fsp3) is 0.538. The van der Waals surface area contributed by atoms with E-state index in [0.29, 0.717) is 11.6 Å². The van der Waals surface area contributed by atoms with Crippen LogP contribution in [-0.4, -0.2) is 19.0 Å². The van der Waals surface area contributed by atoms with E-state index in [-0.39, 0.29) is 5.82 Å². The van der Waals surface area contributed by atoms with Crippen molar-refractivity contribution < 1.29 is 4.39 Å². The summed E-state index contributed by atoms with van der Waals surface area (Å²) in [5.74, 6) is 0.577. The predicted molar refractivity (Wildman–Crippen MR) is 68.9 cm³/mol. The van der Waals surface area contributed by atoms with Crippen LogP contribution in [0, 0.1) is 5.82 Å². The molecule has 1 nitrogen and oxygen atoms in total. The fourth-order valence-electron chi connectivity index (χ4n) is 1.73. The highest BCUT2D eigenvalue weighted by Gasteiger charge is 2.08. The summed E-state index contributed by atoms with van der Waals surface area (Å²) in [6.45, 7) is 3.78. The molecule has 0 aliphatic rings. The molecule has 0 aromatic heterocycles. The molecule has 0 saturated carbocycles. The second-order valence-electron chi connectivity index (χ2n) is 3.78. The lowest BCUT2D eigenvalue weighted by Gasteiger charge is -2.23. The number of unbranched alkanes of at least 4 members (excludes halogenated alkanes) is 2. The topological polar surface area (TPSA) is 3.24 Å². The highest BCUT2D eigenvalue weighted by molar-refractivity contribution is 6.17. The van der Waals surface area contributed by atoms with Crippen LogP contribution in [0.1, 0.15) is 26.2 Å². The second-order valence-corrected chi connectivity index (χ2v) is 4.16. The Balaban J connectivity index is 2.51. The van der Waals surface area contributed by atoms with Gasteiger partial charge in [0, 0.05) is 19.0 Å². The standard InChI is InChI=1S/C13H19ClFN/c1-2-16(11-7-3-6-10-14)13-9-5-4-8-12(13)15/h4-5,8-9H,2-3,6-7,10-11H2,1H3. The molecule has 0 fully saturated rings. The smallest absolute Gasteiger partial charge is 0.146 e. The van der Waals surface area contributed by atoms with Gasteiger partial charge in [-0.3, -0.25) is 0 Å². The van der Waals surface area contributed by atoms with Gasteiger partial charge in [0.2, 0.25) is 0 Å². The quantitative estimate of drug-likeness (QED) is 0.516. The molecular weight excluding hydrogens is 225 g/mol. The molecule has 1 rings (SSSR count). The minimum Gasteiger partial charge on any atom is -0.369 e. The Morgan fingerprint density at radius 2 is 1.94 bits per heavy atom. The Morgan fingerprint density at radius 1 is 1.19 bits per heavy atom. The molecule has 1 aromatic carbocycles. The van der Waals surface area contributed by atoms with Crippen molar-refractivity contribution in [1.29, 1.82) is 0 Å². The Labute approximate surface area is 102 Å². The first-order valence-corrected chi connectivity index (χ1v) is 6.38. The largest absolute Gasteiger partial charge is 0.369 e. The molecule has 0 atom stereocenters. The van der Waals surface area contributed by atoms with Crippen LogP contribution in [0.15, 0.2) is 24.3 Å². The number of hydrogen-bond donors (Lipinski definition) is 0. The Bertz CT molecular complexity index is 304. The van der Waals surface area contributed by atoms with E-state index in [9.17, 15) is 4.39 Å². The van der Waals surface area contributed by atoms with Crippen molar-refractivity contribution in [3.63, 3.8) is 0 Å². The molecule has 0 aliphatic heterocycles. The maximum Gasteiger partial charge on any atom is 0.146 e. The highest BCUT2D eigenvalue weighted by Crippen LogP contribution is 2.18. The number of rotatable bonds is 7. The normalized spacial score (nSPS) is 10.4. The van der Waals surface area contributed by atoms with Gasteiger partial charge in [-0.05, 0) is 31.9 Å². The van der Waals surface area contributed by atoms with Crippen LogP contribution in [0.2, 0.25) is 0 Å². The van der Waals surface area contributed by atoms with Crippen LogP contribution in [0.4, 0.5) is 10.1 Å². The van der Waals surface area contributed by atoms with E-state index in [1.54, 1.807) is 6.07 Å². The molecule has 0 heterocycles. The molecule has 0 bridgehead atoms. The molecule has 0 amide bonds.